The number of piperidine rings is 1. The molecule has 0 bridgehead atoms. The molecule has 0 atom stereocenters. The van der Waals surface area contributed by atoms with Gasteiger partial charge in [-0.1, -0.05) is 12.1 Å². The summed E-state index contributed by atoms with van der Waals surface area (Å²) in [5.41, 5.74) is 3.74. The average Bonchev–Trinajstić information content (AvgIpc) is 3.54. The van der Waals surface area contributed by atoms with Crippen molar-refractivity contribution in [3.63, 3.8) is 0 Å². The predicted octanol–water partition coefficient (Wildman–Crippen LogP) is 4.89. The number of H-pyrrole nitrogens is 1. The third-order valence-corrected chi connectivity index (χ3v) is 9.76. The molecule has 2 saturated heterocycles. The maximum absolute atomic E-state index is 12.8. The highest BCUT2D eigenvalue weighted by atomic mass is 32.2. The molecule has 2 aromatic heterocycles. The van der Waals surface area contributed by atoms with E-state index in [1.807, 2.05) is 0 Å². The van der Waals surface area contributed by atoms with Crippen molar-refractivity contribution >= 4 is 32.3 Å². The van der Waals surface area contributed by atoms with Crippen molar-refractivity contribution in [1.29, 1.82) is 0 Å². The van der Waals surface area contributed by atoms with Crippen LogP contribution in [0.15, 0.2) is 41.9 Å². The first-order chi connectivity index (χ1) is 15.1. The molecule has 1 aromatic carbocycles. The number of likely N-dealkylation sites (tertiary alicyclic amines) is 1. The van der Waals surface area contributed by atoms with Gasteiger partial charge in [0.05, 0.1) is 5.75 Å². The molecule has 0 radical (unpaired) electrons. The Morgan fingerprint density at radius 2 is 1.87 bits per heavy atom. The fourth-order valence-corrected chi connectivity index (χ4v) is 7.37. The van der Waals surface area contributed by atoms with Crippen LogP contribution in [0.1, 0.15) is 43.6 Å². The Hall–Kier alpha value is -1.67. The van der Waals surface area contributed by atoms with Gasteiger partial charge in [0, 0.05) is 35.1 Å². The minimum Gasteiger partial charge on any atom is -0.361 e. The standard InChI is InChI=1S/C24H31N3O2S2/c28-31(29,16-4-12-26-10-1-2-11-26)27-13-8-19(9-14-27)22-18-25-23-7-6-20(17-21(22)23)24-5-3-15-30-24/h3,5-7,15,17-19,25H,1-2,4,8-14,16H2. The van der Waals surface area contributed by atoms with Crippen molar-refractivity contribution < 1.29 is 8.42 Å². The zero-order chi connectivity index (χ0) is 21.3. The van der Waals surface area contributed by atoms with Gasteiger partial charge in [-0.15, -0.1) is 11.3 Å². The molecule has 5 rings (SSSR count). The Labute approximate surface area is 189 Å². The summed E-state index contributed by atoms with van der Waals surface area (Å²) in [6, 6.07) is 10.9. The first kappa shape index (κ1) is 21.2. The monoisotopic (exact) mass is 457 g/mol. The van der Waals surface area contributed by atoms with Gasteiger partial charge >= 0.3 is 0 Å². The number of hydrogen-bond donors (Lipinski definition) is 1. The molecule has 0 aliphatic carbocycles. The molecule has 2 aliphatic heterocycles. The largest absolute Gasteiger partial charge is 0.361 e. The van der Waals surface area contributed by atoms with Gasteiger partial charge in [-0.25, -0.2) is 12.7 Å². The van der Waals surface area contributed by atoms with Crippen LogP contribution >= 0.6 is 11.3 Å². The second-order valence-electron chi connectivity index (χ2n) is 8.87. The van der Waals surface area contributed by atoms with E-state index in [0.29, 0.717) is 19.0 Å². The summed E-state index contributed by atoms with van der Waals surface area (Å²) in [4.78, 5) is 7.09. The summed E-state index contributed by atoms with van der Waals surface area (Å²) >= 11 is 1.76. The third kappa shape index (κ3) is 4.60. The third-order valence-electron chi connectivity index (χ3n) is 6.88. The number of rotatable bonds is 7. The van der Waals surface area contributed by atoms with E-state index in [1.54, 1.807) is 15.6 Å². The molecule has 31 heavy (non-hydrogen) atoms. The lowest BCUT2D eigenvalue weighted by Crippen LogP contribution is -2.39. The molecule has 0 amide bonds. The Bertz CT molecular complexity index is 1110. The molecule has 2 fully saturated rings. The molecule has 2 aliphatic rings. The minimum absolute atomic E-state index is 0.283. The zero-order valence-electron chi connectivity index (χ0n) is 17.9. The minimum atomic E-state index is -3.15. The first-order valence-electron chi connectivity index (χ1n) is 11.5. The number of sulfonamides is 1. The normalized spacial score (nSPS) is 19.5. The average molecular weight is 458 g/mol. The molecule has 3 aromatic rings. The van der Waals surface area contributed by atoms with Gasteiger partial charge in [0.25, 0.3) is 0 Å². The van der Waals surface area contributed by atoms with Crippen LogP contribution in [0.4, 0.5) is 0 Å². The van der Waals surface area contributed by atoms with Crippen LogP contribution in [0.5, 0.6) is 0 Å². The summed E-state index contributed by atoms with van der Waals surface area (Å²) in [6.45, 7) is 4.44. The molecule has 4 heterocycles. The second-order valence-corrected chi connectivity index (χ2v) is 11.9. The van der Waals surface area contributed by atoms with Gasteiger partial charge in [0.1, 0.15) is 0 Å². The summed E-state index contributed by atoms with van der Waals surface area (Å²) in [6.07, 6.45) is 7.17. The molecule has 0 unspecified atom stereocenters. The number of benzene rings is 1. The fourth-order valence-electron chi connectivity index (χ4n) is 5.13. The van der Waals surface area contributed by atoms with E-state index in [4.69, 9.17) is 0 Å². The van der Waals surface area contributed by atoms with Crippen LogP contribution < -0.4 is 0 Å². The molecule has 0 saturated carbocycles. The lowest BCUT2D eigenvalue weighted by molar-refractivity contribution is 0.315. The van der Waals surface area contributed by atoms with Crippen molar-refractivity contribution in [2.24, 2.45) is 0 Å². The quantitative estimate of drug-likeness (QED) is 0.549. The lowest BCUT2D eigenvalue weighted by atomic mass is 9.89. The molecule has 5 nitrogen and oxygen atoms in total. The van der Waals surface area contributed by atoms with Crippen molar-refractivity contribution in [3.8, 4) is 10.4 Å². The lowest BCUT2D eigenvalue weighted by Gasteiger charge is -2.31. The van der Waals surface area contributed by atoms with Crippen LogP contribution in [-0.2, 0) is 10.0 Å². The zero-order valence-corrected chi connectivity index (χ0v) is 19.6. The van der Waals surface area contributed by atoms with Gasteiger partial charge in [0.2, 0.25) is 10.0 Å². The highest BCUT2D eigenvalue weighted by molar-refractivity contribution is 7.89. The Morgan fingerprint density at radius 1 is 1.06 bits per heavy atom. The first-order valence-corrected chi connectivity index (χ1v) is 13.9. The van der Waals surface area contributed by atoms with E-state index in [2.05, 4.69) is 51.8 Å². The van der Waals surface area contributed by atoms with E-state index in [1.165, 1.54) is 34.2 Å². The van der Waals surface area contributed by atoms with Gasteiger partial charge in [-0.05, 0) is 92.4 Å². The maximum Gasteiger partial charge on any atom is 0.214 e. The molecular formula is C24H31N3O2S2. The summed E-state index contributed by atoms with van der Waals surface area (Å²) in [7, 11) is -3.15. The Morgan fingerprint density at radius 3 is 2.61 bits per heavy atom. The number of aromatic amines is 1. The number of aromatic nitrogens is 1. The van der Waals surface area contributed by atoms with E-state index < -0.39 is 10.0 Å². The Balaban J connectivity index is 1.23. The second kappa shape index (κ2) is 9.06. The van der Waals surface area contributed by atoms with Crippen molar-refractivity contribution in [2.75, 3.05) is 38.5 Å². The fraction of sp³-hybridized carbons (Fsp3) is 0.500. The number of nitrogens with one attached hydrogen (secondary N) is 1. The molecule has 1 N–H and O–H groups in total. The maximum atomic E-state index is 12.8. The molecule has 7 heteroatoms. The summed E-state index contributed by atoms with van der Waals surface area (Å²) < 4.78 is 27.4. The number of fused-ring (bicyclic) bond motifs is 1. The van der Waals surface area contributed by atoms with E-state index in [0.717, 1.165) is 44.4 Å². The van der Waals surface area contributed by atoms with Gasteiger partial charge in [-0.3, -0.25) is 0 Å². The SMILES string of the molecule is O=S(=O)(CCCN1CCCC1)N1CCC(c2c[nH]c3ccc(-c4cccs4)cc23)CC1. The van der Waals surface area contributed by atoms with Crippen LogP contribution in [0.2, 0.25) is 0 Å². The number of nitrogens with zero attached hydrogens (tertiary/aromatic N) is 2. The van der Waals surface area contributed by atoms with Gasteiger partial charge in [-0.2, -0.15) is 0 Å². The van der Waals surface area contributed by atoms with Crippen molar-refractivity contribution in [2.45, 2.75) is 38.0 Å². The van der Waals surface area contributed by atoms with E-state index in [9.17, 15) is 8.42 Å². The molecule has 166 valence electrons. The smallest absolute Gasteiger partial charge is 0.214 e. The number of thiophene rings is 1. The highest BCUT2D eigenvalue weighted by Crippen LogP contribution is 2.36. The van der Waals surface area contributed by atoms with E-state index >= 15 is 0 Å². The van der Waals surface area contributed by atoms with Crippen molar-refractivity contribution in [3.05, 3.63) is 47.5 Å². The van der Waals surface area contributed by atoms with Crippen LogP contribution in [-0.4, -0.2) is 61.1 Å². The van der Waals surface area contributed by atoms with Gasteiger partial charge in [0.15, 0.2) is 0 Å². The topological polar surface area (TPSA) is 56.4 Å². The predicted molar refractivity (Wildman–Crippen MR) is 129 cm³/mol. The highest BCUT2D eigenvalue weighted by Gasteiger charge is 2.29. The summed E-state index contributed by atoms with van der Waals surface area (Å²) in [5.74, 6) is 0.689. The van der Waals surface area contributed by atoms with Gasteiger partial charge < -0.3 is 9.88 Å². The van der Waals surface area contributed by atoms with Crippen molar-refractivity contribution in [1.82, 2.24) is 14.2 Å². The molecular weight excluding hydrogens is 426 g/mol. The Kier molecular flexibility index (Phi) is 6.19. The molecule has 0 spiro atoms. The number of hydrogen-bond acceptors (Lipinski definition) is 4. The van der Waals surface area contributed by atoms with Crippen LogP contribution in [0.25, 0.3) is 21.3 Å². The van der Waals surface area contributed by atoms with E-state index in [-0.39, 0.29) is 5.75 Å². The summed E-state index contributed by atoms with van der Waals surface area (Å²) in [5, 5.41) is 3.39. The van der Waals surface area contributed by atoms with Crippen LogP contribution in [0.3, 0.4) is 0 Å². The van der Waals surface area contributed by atoms with Crippen LogP contribution in [0, 0.1) is 0 Å².